The smallest absolute Gasteiger partial charge is 0.168 e. The Morgan fingerprint density at radius 2 is 1.75 bits per heavy atom. The SMILES string of the molecule is [CH2]C(C)(C)C(=O)c1ccccc1. The van der Waals surface area contributed by atoms with E-state index in [1.54, 1.807) is 0 Å². The Kier molecular flexibility index (Phi) is 2.32. The highest BCUT2D eigenvalue weighted by atomic mass is 16.1. The van der Waals surface area contributed by atoms with Crippen molar-refractivity contribution in [3.8, 4) is 0 Å². The molecule has 0 aliphatic heterocycles. The van der Waals surface area contributed by atoms with Gasteiger partial charge in [-0.05, 0) is 6.92 Å². The molecule has 1 heteroatoms. The molecule has 1 aromatic rings. The average molecular weight is 161 g/mol. The van der Waals surface area contributed by atoms with Gasteiger partial charge in [-0.1, -0.05) is 44.2 Å². The molecule has 0 saturated heterocycles. The fourth-order valence-electron chi connectivity index (χ4n) is 0.980. The van der Waals surface area contributed by atoms with Crippen LogP contribution in [0.5, 0.6) is 0 Å². The number of ketones is 1. The van der Waals surface area contributed by atoms with Gasteiger partial charge in [0.25, 0.3) is 0 Å². The predicted octanol–water partition coefficient (Wildman–Crippen LogP) is 2.73. The Hall–Kier alpha value is -1.11. The van der Waals surface area contributed by atoms with Crippen LogP contribution >= 0.6 is 0 Å². The Morgan fingerprint density at radius 3 is 2.17 bits per heavy atom. The first-order chi connectivity index (χ1) is 5.52. The Bertz CT molecular complexity index is 267. The van der Waals surface area contributed by atoms with Crippen molar-refractivity contribution in [1.29, 1.82) is 0 Å². The molecule has 0 atom stereocenters. The van der Waals surface area contributed by atoms with Gasteiger partial charge in [0.05, 0.1) is 0 Å². The molecule has 1 nitrogen and oxygen atoms in total. The minimum atomic E-state index is -0.526. The summed E-state index contributed by atoms with van der Waals surface area (Å²) in [7, 11) is 0. The topological polar surface area (TPSA) is 17.1 Å². The van der Waals surface area contributed by atoms with Crippen LogP contribution in [0.3, 0.4) is 0 Å². The maximum absolute atomic E-state index is 11.6. The van der Waals surface area contributed by atoms with E-state index in [9.17, 15) is 4.79 Å². The molecule has 0 aliphatic rings. The van der Waals surface area contributed by atoms with Crippen LogP contribution in [0.25, 0.3) is 0 Å². The second kappa shape index (κ2) is 3.10. The van der Waals surface area contributed by atoms with Gasteiger partial charge in [-0.15, -0.1) is 0 Å². The molecule has 0 amide bonds. The minimum absolute atomic E-state index is 0.0862. The van der Waals surface area contributed by atoms with Crippen molar-refractivity contribution in [2.75, 3.05) is 0 Å². The zero-order valence-corrected chi connectivity index (χ0v) is 7.50. The van der Waals surface area contributed by atoms with E-state index in [4.69, 9.17) is 0 Å². The van der Waals surface area contributed by atoms with Crippen LogP contribution in [0.1, 0.15) is 24.2 Å². The second-order valence-electron chi connectivity index (χ2n) is 3.58. The van der Waals surface area contributed by atoms with Gasteiger partial charge < -0.3 is 0 Å². The third kappa shape index (κ3) is 1.94. The summed E-state index contributed by atoms with van der Waals surface area (Å²) in [5.41, 5.74) is 0.207. The van der Waals surface area contributed by atoms with Gasteiger partial charge >= 0.3 is 0 Å². The maximum Gasteiger partial charge on any atom is 0.168 e. The number of hydrogen-bond acceptors (Lipinski definition) is 1. The van der Waals surface area contributed by atoms with Crippen LogP contribution in [0.4, 0.5) is 0 Å². The summed E-state index contributed by atoms with van der Waals surface area (Å²) in [5.74, 6) is 0.0862. The Morgan fingerprint density at radius 1 is 1.25 bits per heavy atom. The molecule has 1 rings (SSSR count). The molecule has 0 unspecified atom stereocenters. The Labute approximate surface area is 73.4 Å². The molecule has 1 radical (unpaired) electrons. The van der Waals surface area contributed by atoms with Crippen molar-refractivity contribution in [3.05, 3.63) is 42.8 Å². The molecule has 1 aromatic carbocycles. The van der Waals surface area contributed by atoms with E-state index in [-0.39, 0.29) is 5.78 Å². The van der Waals surface area contributed by atoms with Gasteiger partial charge in [-0.25, -0.2) is 0 Å². The van der Waals surface area contributed by atoms with Crippen molar-refractivity contribution in [1.82, 2.24) is 0 Å². The molecule has 0 saturated carbocycles. The maximum atomic E-state index is 11.6. The van der Waals surface area contributed by atoms with Gasteiger partial charge in [0.15, 0.2) is 5.78 Å². The summed E-state index contributed by atoms with van der Waals surface area (Å²) >= 11 is 0. The highest BCUT2D eigenvalue weighted by molar-refractivity contribution is 6.00. The third-order valence-corrected chi connectivity index (χ3v) is 1.65. The molecule has 0 bridgehead atoms. The summed E-state index contributed by atoms with van der Waals surface area (Å²) in [5, 5.41) is 0. The molecule has 63 valence electrons. The van der Waals surface area contributed by atoms with E-state index in [2.05, 4.69) is 6.92 Å². The summed E-state index contributed by atoms with van der Waals surface area (Å²) in [6.45, 7) is 7.44. The number of Topliss-reactive ketones (excluding diaryl/α,β-unsaturated/α-hetero) is 1. The zero-order chi connectivity index (χ0) is 9.19. The largest absolute Gasteiger partial charge is 0.294 e. The lowest BCUT2D eigenvalue weighted by atomic mass is 9.87. The summed E-state index contributed by atoms with van der Waals surface area (Å²) < 4.78 is 0. The van der Waals surface area contributed by atoms with Crippen LogP contribution in [0.15, 0.2) is 30.3 Å². The van der Waals surface area contributed by atoms with Crippen molar-refractivity contribution in [2.24, 2.45) is 5.41 Å². The van der Waals surface area contributed by atoms with Crippen molar-refractivity contribution < 1.29 is 4.79 Å². The van der Waals surface area contributed by atoms with Crippen LogP contribution in [0, 0.1) is 12.3 Å². The van der Waals surface area contributed by atoms with Gasteiger partial charge in [0.2, 0.25) is 0 Å². The first kappa shape index (κ1) is 8.98. The van der Waals surface area contributed by atoms with E-state index in [1.807, 2.05) is 44.2 Å². The van der Waals surface area contributed by atoms with Crippen LogP contribution in [0.2, 0.25) is 0 Å². The second-order valence-corrected chi connectivity index (χ2v) is 3.58. The molecular formula is C11H13O. The van der Waals surface area contributed by atoms with Gasteiger partial charge in [-0.3, -0.25) is 4.79 Å². The monoisotopic (exact) mass is 161 g/mol. The lowest BCUT2D eigenvalue weighted by Crippen LogP contribution is -2.20. The number of carbonyl (C=O) groups is 1. The van der Waals surface area contributed by atoms with Crippen LogP contribution in [-0.4, -0.2) is 5.78 Å². The van der Waals surface area contributed by atoms with Gasteiger partial charge in [0.1, 0.15) is 0 Å². The summed E-state index contributed by atoms with van der Waals surface area (Å²) in [6, 6.07) is 9.25. The van der Waals surface area contributed by atoms with Crippen molar-refractivity contribution in [3.63, 3.8) is 0 Å². The van der Waals surface area contributed by atoms with Gasteiger partial charge in [0, 0.05) is 11.0 Å². The first-order valence-electron chi connectivity index (χ1n) is 3.97. The highest BCUT2D eigenvalue weighted by Crippen LogP contribution is 2.19. The fraction of sp³-hybridized carbons (Fsp3) is 0.273. The van der Waals surface area contributed by atoms with E-state index in [0.29, 0.717) is 0 Å². The number of rotatable bonds is 2. The van der Waals surface area contributed by atoms with Crippen LogP contribution < -0.4 is 0 Å². The minimum Gasteiger partial charge on any atom is -0.294 e. The Balaban J connectivity index is 2.94. The third-order valence-electron chi connectivity index (χ3n) is 1.65. The van der Waals surface area contributed by atoms with E-state index >= 15 is 0 Å². The van der Waals surface area contributed by atoms with E-state index in [1.165, 1.54) is 0 Å². The van der Waals surface area contributed by atoms with Crippen molar-refractivity contribution >= 4 is 5.78 Å². The zero-order valence-electron chi connectivity index (χ0n) is 7.50. The highest BCUT2D eigenvalue weighted by Gasteiger charge is 2.22. The predicted molar refractivity (Wildman–Crippen MR) is 49.9 cm³/mol. The van der Waals surface area contributed by atoms with E-state index < -0.39 is 5.41 Å². The molecule has 0 aliphatic carbocycles. The lowest BCUT2D eigenvalue weighted by molar-refractivity contribution is 0.0883. The number of benzene rings is 1. The summed E-state index contributed by atoms with van der Waals surface area (Å²) in [6.07, 6.45) is 0. The first-order valence-corrected chi connectivity index (χ1v) is 3.97. The van der Waals surface area contributed by atoms with Crippen molar-refractivity contribution in [2.45, 2.75) is 13.8 Å². The molecule has 12 heavy (non-hydrogen) atoms. The standard InChI is InChI=1S/C11H13O/c1-11(2,3)10(12)9-7-5-4-6-8-9/h4-8H,1H2,2-3H3. The number of carbonyl (C=O) groups excluding carboxylic acids is 1. The molecule has 0 N–H and O–H groups in total. The fourth-order valence-corrected chi connectivity index (χ4v) is 0.980. The molecule has 0 spiro atoms. The molecular weight excluding hydrogens is 148 g/mol. The van der Waals surface area contributed by atoms with Crippen LogP contribution in [-0.2, 0) is 0 Å². The lowest BCUT2D eigenvalue weighted by Gasteiger charge is -2.15. The summed E-state index contributed by atoms with van der Waals surface area (Å²) in [4.78, 5) is 11.6. The molecule has 0 heterocycles. The van der Waals surface area contributed by atoms with Gasteiger partial charge in [-0.2, -0.15) is 0 Å². The number of hydrogen-bond donors (Lipinski definition) is 0. The van der Waals surface area contributed by atoms with E-state index in [0.717, 1.165) is 5.56 Å². The quantitative estimate of drug-likeness (QED) is 0.609. The average Bonchev–Trinajstić information content (AvgIpc) is 2.03. The normalized spacial score (nSPS) is 11.2. The molecule has 0 aromatic heterocycles. The molecule has 0 fully saturated rings.